The molecule has 0 aliphatic carbocycles. The van der Waals surface area contributed by atoms with Gasteiger partial charge in [-0.15, -0.1) is 0 Å². The second-order valence-electron chi connectivity index (χ2n) is 3.45. The molecule has 3 nitrogen and oxygen atoms in total. The highest BCUT2D eigenvalue weighted by Crippen LogP contribution is 2.29. The molecule has 0 saturated carbocycles. The monoisotopic (exact) mass is 269 g/mol. The van der Waals surface area contributed by atoms with Crippen LogP contribution >= 0.6 is 11.6 Å². The van der Waals surface area contributed by atoms with Crippen LogP contribution in [0.3, 0.4) is 0 Å². The average Bonchev–Trinajstić information content (AvgIpc) is 2.30. The van der Waals surface area contributed by atoms with E-state index in [2.05, 4.69) is 4.98 Å². The number of halogens is 3. The number of hydrogen-bond acceptors (Lipinski definition) is 2. The van der Waals surface area contributed by atoms with Crippen molar-refractivity contribution in [1.29, 1.82) is 0 Å². The molecular formula is C12H6ClF2NO2. The van der Waals surface area contributed by atoms with Gasteiger partial charge in [-0.3, -0.25) is 0 Å². The fourth-order valence-corrected chi connectivity index (χ4v) is 1.72. The Morgan fingerprint density at radius 1 is 1.28 bits per heavy atom. The number of hydrogen-bond donors (Lipinski definition) is 1. The Kier molecular flexibility index (Phi) is 3.25. The molecule has 0 radical (unpaired) electrons. The third-order valence-corrected chi connectivity index (χ3v) is 2.54. The van der Waals surface area contributed by atoms with Gasteiger partial charge in [-0.1, -0.05) is 17.7 Å². The summed E-state index contributed by atoms with van der Waals surface area (Å²) in [6.07, 6.45) is 1.03. The van der Waals surface area contributed by atoms with Crippen LogP contribution in [0.25, 0.3) is 11.1 Å². The van der Waals surface area contributed by atoms with Gasteiger partial charge in [-0.2, -0.15) is 0 Å². The summed E-state index contributed by atoms with van der Waals surface area (Å²) in [4.78, 5) is 14.7. The SMILES string of the molecule is O=C(O)c1cc(Cl)ncc1-c1c(F)cccc1F. The molecule has 2 aromatic rings. The Morgan fingerprint density at radius 2 is 1.89 bits per heavy atom. The topological polar surface area (TPSA) is 50.2 Å². The third-order valence-electron chi connectivity index (χ3n) is 2.33. The lowest BCUT2D eigenvalue weighted by molar-refractivity contribution is 0.0697. The summed E-state index contributed by atoms with van der Waals surface area (Å²) in [6.45, 7) is 0. The molecule has 0 bridgehead atoms. The van der Waals surface area contributed by atoms with Gasteiger partial charge in [0, 0.05) is 11.8 Å². The molecule has 1 aromatic heterocycles. The van der Waals surface area contributed by atoms with E-state index in [0.717, 1.165) is 24.4 Å². The molecule has 2 rings (SSSR count). The summed E-state index contributed by atoms with van der Waals surface area (Å²) in [7, 11) is 0. The summed E-state index contributed by atoms with van der Waals surface area (Å²) in [5.74, 6) is -3.06. The molecule has 0 aliphatic heterocycles. The molecule has 0 amide bonds. The van der Waals surface area contributed by atoms with Crippen LogP contribution in [0.1, 0.15) is 10.4 Å². The van der Waals surface area contributed by atoms with E-state index in [9.17, 15) is 13.6 Å². The van der Waals surface area contributed by atoms with Crippen LogP contribution in [-0.4, -0.2) is 16.1 Å². The van der Waals surface area contributed by atoms with Crippen molar-refractivity contribution in [2.24, 2.45) is 0 Å². The van der Waals surface area contributed by atoms with Gasteiger partial charge in [0.25, 0.3) is 0 Å². The minimum atomic E-state index is -1.34. The average molecular weight is 270 g/mol. The second-order valence-corrected chi connectivity index (χ2v) is 3.84. The maximum absolute atomic E-state index is 13.6. The summed E-state index contributed by atoms with van der Waals surface area (Å²) >= 11 is 5.57. The number of rotatable bonds is 2. The molecule has 18 heavy (non-hydrogen) atoms. The summed E-state index contributed by atoms with van der Waals surface area (Å²) in [6, 6.07) is 4.32. The molecule has 0 atom stereocenters. The highest BCUT2D eigenvalue weighted by Gasteiger charge is 2.19. The number of carboxylic acids is 1. The molecule has 1 N–H and O–H groups in total. The summed E-state index contributed by atoms with van der Waals surface area (Å²) in [5.41, 5.74) is -0.888. The fraction of sp³-hybridized carbons (Fsp3) is 0. The Balaban J connectivity index is 2.75. The zero-order valence-corrected chi connectivity index (χ0v) is 9.58. The Labute approximate surface area is 106 Å². The third kappa shape index (κ3) is 2.17. The van der Waals surface area contributed by atoms with E-state index >= 15 is 0 Å². The van der Waals surface area contributed by atoms with Crippen LogP contribution in [0.2, 0.25) is 5.15 Å². The zero-order chi connectivity index (χ0) is 13.3. The number of benzene rings is 1. The number of pyridine rings is 1. The Morgan fingerprint density at radius 3 is 2.44 bits per heavy atom. The van der Waals surface area contributed by atoms with Crippen LogP contribution in [0.15, 0.2) is 30.5 Å². The lowest BCUT2D eigenvalue weighted by Gasteiger charge is -2.08. The molecular weight excluding hydrogens is 264 g/mol. The van der Waals surface area contributed by atoms with E-state index in [1.165, 1.54) is 6.07 Å². The molecule has 0 saturated heterocycles. The highest BCUT2D eigenvalue weighted by atomic mass is 35.5. The molecule has 0 aliphatic rings. The lowest BCUT2D eigenvalue weighted by atomic mass is 10.0. The Hall–Kier alpha value is -2.01. The van der Waals surface area contributed by atoms with E-state index in [4.69, 9.17) is 16.7 Å². The van der Waals surface area contributed by atoms with Gasteiger partial charge in [0.2, 0.25) is 0 Å². The van der Waals surface area contributed by atoms with Crippen molar-refractivity contribution in [3.8, 4) is 11.1 Å². The number of carboxylic acid groups (broad SMARTS) is 1. The van der Waals surface area contributed by atoms with Crippen molar-refractivity contribution >= 4 is 17.6 Å². The van der Waals surface area contributed by atoms with E-state index in [1.54, 1.807) is 0 Å². The molecule has 6 heteroatoms. The van der Waals surface area contributed by atoms with Crippen LogP contribution in [0, 0.1) is 11.6 Å². The summed E-state index contributed by atoms with van der Waals surface area (Å²) in [5, 5.41) is 8.94. The van der Waals surface area contributed by atoms with Gasteiger partial charge in [-0.05, 0) is 18.2 Å². The first-order valence-electron chi connectivity index (χ1n) is 4.84. The minimum Gasteiger partial charge on any atom is -0.478 e. The summed E-state index contributed by atoms with van der Waals surface area (Å²) < 4.78 is 27.2. The first-order valence-corrected chi connectivity index (χ1v) is 5.21. The maximum atomic E-state index is 13.6. The predicted octanol–water partition coefficient (Wildman–Crippen LogP) is 3.38. The van der Waals surface area contributed by atoms with Gasteiger partial charge >= 0.3 is 5.97 Å². The van der Waals surface area contributed by atoms with Crippen molar-refractivity contribution in [3.63, 3.8) is 0 Å². The van der Waals surface area contributed by atoms with Crippen molar-refractivity contribution in [3.05, 3.63) is 52.8 Å². The number of aromatic carboxylic acids is 1. The van der Waals surface area contributed by atoms with Gasteiger partial charge < -0.3 is 5.11 Å². The largest absolute Gasteiger partial charge is 0.478 e. The van der Waals surface area contributed by atoms with E-state index in [0.29, 0.717) is 0 Å². The van der Waals surface area contributed by atoms with Crippen molar-refractivity contribution in [2.75, 3.05) is 0 Å². The standard InChI is InChI=1S/C12H6ClF2NO2/c13-10-4-6(12(17)18)7(5-16-10)11-8(14)2-1-3-9(11)15/h1-5H,(H,17,18). The first kappa shape index (κ1) is 12.4. The van der Waals surface area contributed by atoms with Crippen molar-refractivity contribution in [2.45, 2.75) is 0 Å². The maximum Gasteiger partial charge on any atom is 0.336 e. The van der Waals surface area contributed by atoms with E-state index in [1.807, 2.05) is 0 Å². The van der Waals surface area contributed by atoms with Gasteiger partial charge in [0.05, 0.1) is 11.1 Å². The van der Waals surface area contributed by atoms with Crippen LogP contribution in [0.4, 0.5) is 8.78 Å². The van der Waals surface area contributed by atoms with Gasteiger partial charge in [0.15, 0.2) is 0 Å². The zero-order valence-electron chi connectivity index (χ0n) is 8.82. The number of aromatic nitrogens is 1. The highest BCUT2D eigenvalue weighted by molar-refractivity contribution is 6.29. The molecule has 92 valence electrons. The van der Waals surface area contributed by atoms with E-state index in [-0.39, 0.29) is 16.3 Å². The van der Waals surface area contributed by atoms with Crippen LogP contribution < -0.4 is 0 Å². The smallest absolute Gasteiger partial charge is 0.336 e. The normalized spacial score (nSPS) is 10.4. The van der Waals surface area contributed by atoms with Gasteiger partial charge in [0.1, 0.15) is 16.8 Å². The molecule has 1 aromatic carbocycles. The van der Waals surface area contributed by atoms with E-state index < -0.39 is 23.2 Å². The van der Waals surface area contributed by atoms with Gasteiger partial charge in [-0.25, -0.2) is 18.6 Å². The Bertz CT molecular complexity index is 611. The van der Waals surface area contributed by atoms with Crippen LogP contribution in [0.5, 0.6) is 0 Å². The molecule has 0 spiro atoms. The lowest BCUT2D eigenvalue weighted by Crippen LogP contribution is -2.03. The molecule has 0 unspecified atom stereocenters. The molecule has 1 heterocycles. The second kappa shape index (κ2) is 4.70. The van der Waals surface area contributed by atoms with Crippen LogP contribution in [-0.2, 0) is 0 Å². The predicted molar refractivity (Wildman–Crippen MR) is 61.6 cm³/mol. The van der Waals surface area contributed by atoms with Crippen molar-refractivity contribution in [1.82, 2.24) is 4.98 Å². The minimum absolute atomic E-state index is 0.0621. The number of nitrogens with zero attached hydrogens (tertiary/aromatic N) is 1. The molecule has 0 fully saturated rings. The first-order chi connectivity index (χ1) is 8.50. The number of carbonyl (C=O) groups is 1. The van der Waals surface area contributed by atoms with Crippen molar-refractivity contribution < 1.29 is 18.7 Å². The fourth-order valence-electron chi connectivity index (χ4n) is 1.56. The quantitative estimate of drug-likeness (QED) is 0.850.